The molecule has 0 spiro atoms. The van der Waals surface area contributed by atoms with Crippen molar-refractivity contribution in [3.05, 3.63) is 52.5 Å². The minimum Gasteiger partial charge on any atom is -0.492 e. The van der Waals surface area contributed by atoms with Gasteiger partial charge in [-0.25, -0.2) is 0 Å². The van der Waals surface area contributed by atoms with E-state index >= 15 is 0 Å². The first-order valence-corrected chi connectivity index (χ1v) is 8.41. The third-order valence-corrected chi connectivity index (χ3v) is 3.85. The number of carbonyl (C=O) groups excluding carboxylic acids is 1. The Morgan fingerprint density at radius 1 is 1.21 bits per heavy atom. The number of nitrogens with one attached hydrogen (secondary N) is 2. The molecule has 0 bridgehead atoms. The van der Waals surface area contributed by atoms with E-state index in [-0.39, 0.29) is 5.91 Å². The van der Waals surface area contributed by atoms with Crippen molar-refractivity contribution in [1.82, 2.24) is 0 Å². The van der Waals surface area contributed by atoms with E-state index in [1.54, 1.807) is 0 Å². The summed E-state index contributed by atoms with van der Waals surface area (Å²) in [6, 6.07) is 11.5. The van der Waals surface area contributed by atoms with Crippen LogP contribution in [0.25, 0.3) is 0 Å². The number of rotatable bonds is 7. The lowest BCUT2D eigenvalue weighted by Crippen LogP contribution is -2.17. The van der Waals surface area contributed by atoms with Crippen molar-refractivity contribution in [3.8, 4) is 5.75 Å². The molecule has 24 heavy (non-hydrogen) atoms. The van der Waals surface area contributed by atoms with Gasteiger partial charge in [0.2, 0.25) is 5.91 Å². The van der Waals surface area contributed by atoms with E-state index in [1.165, 1.54) is 0 Å². The van der Waals surface area contributed by atoms with Crippen molar-refractivity contribution in [3.63, 3.8) is 0 Å². The number of aryl methyl sites for hydroxylation is 2. The normalized spacial score (nSPS) is 10.3. The Labute approximate surface area is 148 Å². The van der Waals surface area contributed by atoms with E-state index in [0.717, 1.165) is 22.6 Å². The summed E-state index contributed by atoms with van der Waals surface area (Å²) in [7, 11) is 0. The first-order valence-electron chi connectivity index (χ1n) is 8.03. The Morgan fingerprint density at radius 3 is 2.67 bits per heavy atom. The molecule has 0 unspecified atom stereocenters. The molecule has 0 aromatic heterocycles. The first kappa shape index (κ1) is 18.1. The average Bonchev–Trinajstić information content (AvgIpc) is 2.53. The van der Waals surface area contributed by atoms with E-state index in [9.17, 15) is 4.79 Å². The summed E-state index contributed by atoms with van der Waals surface area (Å²) in [5.41, 5.74) is 3.60. The number of ether oxygens (including phenoxy) is 1. The zero-order valence-electron chi connectivity index (χ0n) is 14.3. The molecule has 5 heteroatoms. The van der Waals surface area contributed by atoms with Crippen molar-refractivity contribution < 1.29 is 9.53 Å². The molecule has 2 rings (SSSR count). The van der Waals surface area contributed by atoms with Crippen LogP contribution < -0.4 is 15.4 Å². The van der Waals surface area contributed by atoms with Crippen molar-refractivity contribution in [2.75, 3.05) is 23.8 Å². The van der Waals surface area contributed by atoms with Gasteiger partial charge in [0.05, 0.1) is 23.0 Å². The molecule has 0 aliphatic rings. The van der Waals surface area contributed by atoms with Gasteiger partial charge in [0.15, 0.2) is 0 Å². The van der Waals surface area contributed by atoms with Crippen LogP contribution in [0.2, 0.25) is 5.02 Å². The summed E-state index contributed by atoms with van der Waals surface area (Å²) in [4.78, 5) is 12.2. The van der Waals surface area contributed by atoms with Crippen LogP contribution in [0.5, 0.6) is 5.75 Å². The number of anilines is 2. The molecule has 2 aromatic rings. The van der Waals surface area contributed by atoms with Crippen LogP contribution in [0.15, 0.2) is 36.4 Å². The van der Waals surface area contributed by atoms with Gasteiger partial charge in [-0.3, -0.25) is 4.79 Å². The molecule has 0 aliphatic heterocycles. The van der Waals surface area contributed by atoms with Crippen LogP contribution in [0.3, 0.4) is 0 Å². The second kappa shape index (κ2) is 8.60. The highest BCUT2D eigenvalue weighted by atomic mass is 35.5. The van der Waals surface area contributed by atoms with Gasteiger partial charge >= 0.3 is 0 Å². The first-order chi connectivity index (χ1) is 11.5. The average molecular weight is 347 g/mol. The Morgan fingerprint density at radius 2 is 1.96 bits per heavy atom. The minimum absolute atomic E-state index is 0.0785. The second-order valence-corrected chi connectivity index (χ2v) is 6.00. The van der Waals surface area contributed by atoms with Gasteiger partial charge in [-0.05, 0) is 50.1 Å². The number of carbonyl (C=O) groups is 1. The van der Waals surface area contributed by atoms with Crippen LogP contribution >= 0.6 is 11.6 Å². The SMILES string of the molecule is CCOc1ccccc1NCCC(=O)Nc1c(C)cc(C)cc1Cl. The Balaban J connectivity index is 1.91. The Bertz CT molecular complexity index is 693. The van der Waals surface area contributed by atoms with Crippen molar-refractivity contribution >= 4 is 28.9 Å². The standard InChI is InChI=1S/C19H23ClN2O2/c1-4-24-17-8-6-5-7-16(17)21-10-9-18(23)22-19-14(3)11-13(2)12-15(19)20/h5-8,11-12,21H,4,9-10H2,1-3H3,(H,22,23). The maximum absolute atomic E-state index is 12.2. The largest absolute Gasteiger partial charge is 0.492 e. The fraction of sp³-hybridized carbons (Fsp3) is 0.316. The van der Waals surface area contributed by atoms with E-state index in [1.807, 2.05) is 57.2 Å². The van der Waals surface area contributed by atoms with Gasteiger partial charge in [0.25, 0.3) is 0 Å². The number of hydrogen-bond acceptors (Lipinski definition) is 3. The molecule has 128 valence electrons. The van der Waals surface area contributed by atoms with Crippen LogP contribution in [-0.2, 0) is 4.79 Å². The molecule has 4 nitrogen and oxygen atoms in total. The molecule has 0 heterocycles. The van der Waals surface area contributed by atoms with Crippen LogP contribution in [-0.4, -0.2) is 19.1 Å². The third kappa shape index (κ3) is 4.90. The highest BCUT2D eigenvalue weighted by Gasteiger charge is 2.10. The topological polar surface area (TPSA) is 50.4 Å². The minimum atomic E-state index is -0.0785. The van der Waals surface area contributed by atoms with Crippen molar-refractivity contribution in [1.29, 1.82) is 0 Å². The van der Waals surface area contributed by atoms with Gasteiger partial charge in [-0.2, -0.15) is 0 Å². The van der Waals surface area contributed by atoms with E-state index < -0.39 is 0 Å². The van der Waals surface area contributed by atoms with Gasteiger partial charge in [-0.15, -0.1) is 0 Å². The van der Waals surface area contributed by atoms with E-state index in [2.05, 4.69) is 10.6 Å². The summed E-state index contributed by atoms with van der Waals surface area (Å²) < 4.78 is 5.55. The fourth-order valence-electron chi connectivity index (χ4n) is 2.48. The summed E-state index contributed by atoms with van der Waals surface area (Å²) in [6.45, 7) is 6.97. The summed E-state index contributed by atoms with van der Waals surface area (Å²) in [5, 5.41) is 6.69. The van der Waals surface area contributed by atoms with Crippen molar-refractivity contribution in [2.24, 2.45) is 0 Å². The predicted octanol–water partition coefficient (Wildman–Crippen LogP) is 4.80. The molecule has 0 saturated carbocycles. The number of hydrogen-bond donors (Lipinski definition) is 2. The Hall–Kier alpha value is -2.20. The molecular weight excluding hydrogens is 324 g/mol. The second-order valence-electron chi connectivity index (χ2n) is 5.59. The molecule has 0 fully saturated rings. The quantitative estimate of drug-likeness (QED) is 0.757. The lowest BCUT2D eigenvalue weighted by atomic mass is 10.1. The number of amides is 1. The number of halogens is 1. The highest BCUT2D eigenvalue weighted by molar-refractivity contribution is 6.34. The molecule has 1 amide bonds. The van der Waals surface area contributed by atoms with Crippen LogP contribution in [0, 0.1) is 13.8 Å². The van der Waals surface area contributed by atoms with Gasteiger partial charge in [0.1, 0.15) is 5.75 Å². The summed E-state index contributed by atoms with van der Waals surface area (Å²) in [5.74, 6) is 0.711. The maximum Gasteiger partial charge on any atom is 0.226 e. The lowest BCUT2D eigenvalue weighted by molar-refractivity contribution is -0.115. The van der Waals surface area contributed by atoms with Gasteiger partial charge < -0.3 is 15.4 Å². The molecule has 0 atom stereocenters. The van der Waals surface area contributed by atoms with Crippen LogP contribution in [0.4, 0.5) is 11.4 Å². The summed E-state index contributed by atoms with van der Waals surface area (Å²) in [6.07, 6.45) is 0.337. The molecular formula is C19H23ClN2O2. The molecule has 0 saturated heterocycles. The zero-order chi connectivity index (χ0) is 17.5. The van der Waals surface area contributed by atoms with E-state index in [4.69, 9.17) is 16.3 Å². The van der Waals surface area contributed by atoms with Crippen LogP contribution in [0.1, 0.15) is 24.5 Å². The molecule has 0 radical (unpaired) electrons. The fourth-order valence-corrected chi connectivity index (χ4v) is 2.85. The third-order valence-electron chi connectivity index (χ3n) is 3.55. The number of benzene rings is 2. The molecule has 2 aromatic carbocycles. The number of para-hydroxylation sites is 2. The maximum atomic E-state index is 12.2. The van der Waals surface area contributed by atoms with Gasteiger partial charge in [0, 0.05) is 13.0 Å². The zero-order valence-corrected chi connectivity index (χ0v) is 15.0. The smallest absolute Gasteiger partial charge is 0.226 e. The lowest BCUT2D eigenvalue weighted by Gasteiger charge is -2.13. The monoisotopic (exact) mass is 346 g/mol. The predicted molar refractivity (Wildman–Crippen MR) is 100 cm³/mol. The van der Waals surface area contributed by atoms with Gasteiger partial charge in [-0.1, -0.05) is 29.8 Å². The molecule has 0 aliphatic carbocycles. The summed E-state index contributed by atoms with van der Waals surface area (Å²) >= 11 is 6.22. The highest BCUT2D eigenvalue weighted by Crippen LogP contribution is 2.27. The Kier molecular flexibility index (Phi) is 6.50. The molecule has 2 N–H and O–H groups in total. The van der Waals surface area contributed by atoms with Crippen molar-refractivity contribution in [2.45, 2.75) is 27.2 Å². The van der Waals surface area contributed by atoms with E-state index in [0.29, 0.717) is 30.3 Å².